The van der Waals surface area contributed by atoms with E-state index in [9.17, 15) is 0 Å². The average Bonchev–Trinajstić information content (AvgIpc) is 2.42. The van der Waals surface area contributed by atoms with E-state index in [-0.39, 0.29) is 0 Å². The third-order valence-corrected chi connectivity index (χ3v) is 4.45. The minimum atomic E-state index is 0.606. The maximum Gasteiger partial charge on any atom is 0.0423 e. The molecule has 0 amide bonds. The zero-order valence-electron chi connectivity index (χ0n) is 11.8. The predicted molar refractivity (Wildman–Crippen MR) is 81.3 cm³/mol. The molecule has 2 heteroatoms. The largest absolute Gasteiger partial charge is 0.382 e. The van der Waals surface area contributed by atoms with Crippen molar-refractivity contribution in [2.45, 2.75) is 39.2 Å². The van der Waals surface area contributed by atoms with E-state index in [1.165, 1.54) is 35.7 Å². The van der Waals surface area contributed by atoms with E-state index in [1.807, 2.05) is 12.4 Å². The molecule has 3 unspecified atom stereocenters. The van der Waals surface area contributed by atoms with Crippen molar-refractivity contribution < 1.29 is 0 Å². The molecule has 1 aromatic heterocycles. The zero-order chi connectivity index (χ0) is 13.2. The van der Waals surface area contributed by atoms with E-state index in [1.54, 1.807) is 0 Å². The molecular weight excluding hydrogens is 232 g/mol. The van der Waals surface area contributed by atoms with Crippen molar-refractivity contribution in [1.29, 1.82) is 0 Å². The Labute approximate surface area is 115 Å². The quantitative estimate of drug-likeness (QED) is 0.855. The summed E-state index contributed by atoms with van der Waals surface area (Å²) in [5, 5.41) is 6.26. The van der Waals surface area contributed by atoms with E-state index in [0.29, 0.717) is 6.04 Å². The number of aromatic nitrogens is 1. The van der Waals surface area contributed by atoms with Gasteiger partial charge >= 0.3 is 0 Å². The first-order valence-corrected chi connectivity index (χ1v) is 7.33. The lowest BCUT2D eigenvalue weighted by Crippen LogP contribution is -2.33. The van der Waals surface area contributed by atoms with Crippen LogP contribution in [0.1, 0.15) is 33.1 Å². The molecule has 1 heterocycles. The summed E-state index contributed by atoms with van der Waals surface area (Å²) in [5.41, 5.74) is 1.26. The molecule has 1 aromatic carbocycles. The molecular formula is C17H22N2. The fourth-order valence-corrected chi connectivity index (χ4v) is 3.33. The molecule has 0 radical (unpaired) electrons. The van der Waals surface area contributed by atoms with Gasteiger partial charge in [0.25, 0.3) is 0 Å². The summed E-state index contributed by atoms with van der Waals surface area (Å²) in [4.78, 5) is 4.20. The van der Waals surface area contributed by atoms with Gasteiger partial charge in [-0.3, -0.25) is 4.98 Å². The molecule has 1 fully saturated rings. The van der Waals surface area contributed by atoms with Crippen molar-refractivity contribution in [2.24, 2.45) is 11.8 Å². The third-order valence-electron chi connectivity index (χ3n) is 4.45. The van der Waals surface area contributed by atoms with Crippen molar-refractivity contribution in [3.05, 3.63) is 36.7 Å². The summed E-state index contributed by atoms with van der Waals surface area (Å²) < 4.78 is 0. The first-order chi connectivity index (χ1) is 9.24. The van der Waals surface area contributed by atoms with Crippen LogP contribution in [0.4, 0.5) is 5.69 Å². The van der Waals surface area contributed by atoms with E-state index in [4.69, 9.17) is 0 Å². The number of hydrogen-bond acceptors (Lipinski definition) is 2. The number of nitrogens with zero attached hydrogens (tertiary/aromatic N) is 1. The topological polar surface area (TPSA) is 24.9 Å². The van der Waals surface area contributed by atoms with Gasteiger partial charge in [-0.15, -0.1) is 0 Å². The summed E-state index contributed by atoms with van der Waals surface area (Å²) in [6, 6.07) is 9.14. The van der Waals surface area contributed by atoms with Crippen molar-refractivity contribution in [3.63, 3.8) is 0 Å². The second kappa shape index (κ2) is 5.20. The van der Waals surface area contributed by atoms with Crippen LogP contribution in [0.5, 0.6) is 0 Å². The average molecular weight is 254 g/mol. The lowest BCUT2D eigenvalue weighted by atomic mass is 9.80. The zero-order valence-corrected chi connectivity index (χ0v) is 11.8. The lowest BCUT2D eigenvalue weighted by molar-refractivity contribution is 0.276. The molecule has 0 bridgehead atoms. The number of fused-ring (bicyclic) bond motifs is 1. The summed E-state index contributed by atoms with van der Waals surface area (Å²) in [6.07, 6.45) is 7.77. The first kappa shape index (κ1) is 12.5. The minimum Gasteiger partial charge on any atom is -0.382 e. The molecule has 1 N–H and O–H groups in total. The number of anilines is 1. The summed E-state index contributed by atoms with van der Waals surface area (Å²) >= 11 is 0. The Morgan fingerprint density at radius 3 is 2.89 bits per heavy atom. The molecule has 2 aromatic rings. The number of pyridine rings is 1. The minimum absolute atomic E-state index is 0.606. The Morgan fingerprint density at radius 2 is 2.05 bits per heavy atom. The van der Waals surface area contributed by atoms with Gasteiger partial charge in [-0.25, -0.2) is 0 Å². The van der Waals surface area contributed by atoms with Gasteiger partial charge in [-0.05, 0) is 43.2 Å². The smallest absolute Gasteiger partial charge is 0.0423 e. The molecule has 19 heavy (non-hydrogen) atoms. The number of benzene rings is 1. The van der Waals surface area contributed by atoms with Gasteiger partial charge in [0.15, 0.2) is 0 Å². The second-order valence-corrected chi connectivity index (χ2v) is 6.05. The molecule has 0 aliphatic heterocycles. The molecule has 3 rings (SSSR count). The van der Waals surface area contributed by atoms with E-state index < -0.39 is 0 Å². The SMILES string of the molecule is CC1CCC(Nc2cccc3cnccc23)C(C)C1. The molecule has 0 spiro atoms. The Bertz CT molecular complexity index is 559. The number of hydrogen-bond donors (Lipinski definition) is 1. The third kappa shape index (κ3) is 2.58. The van der Waals surface area contributed by atoms with Gasteiger partial charge in [0, 0.05) is 34.9 Å². The summed E-state index contributed by atoms with van der Waals surface area (Å²) in [7, 11) is 0. The number of nitrogens with one attached hydrogen (secondary N) is 1. The standard InChI is InChI=1S/C17H22N2/c1-12-6-7-16(13(2)10-12)19-17-5-3-4-14-11-18-9-8-15(14)17/h3-5,8-9,11-13,16,19H,6-7,10H2,1-2H3. The highest BCUT2D eigenvalue weighted by Gasteiger charge is 2.25. The van der Waals surface area contributed by atoms with Gasteiger partial charge in [0.05, 0.1) is 0 Å². The van der Waals surface area contributed by atoms with Crippen LogP contribution >= 0.6 is 0 Å². The normalized spacial score (nSPS) is 27.4. The number of rotatable bonds is 2. The van der Waals surface area contributed by atoms with Gasteiger partial charge in [0.2, 0.25) is 0 Å². The van der Waals surface area contributed by atoms with Gasteiger partial charge in [-0.1, -0.05) is 26.0 Å². The summed E-state index contributed by atoms with van der Waals surface area (Å²) in [6.45, 7) is 4.75. The van der Waals surface area contributed by atoms with Crippen molar-refractivity contribution in [1.82, 2.24) is 4.98 Å². The molecule has 2 nitrogen and oxygen atoms in total. The van der Waals surface area contributed by atoms with Crippen LogP contribution in [0.2, 0.25) is 0 Å². The Hall–Kier alpha value is -1.57. The Morgan fingerprint density at radius 1 is 1.16 bits per heavy atom. The van der Waals surface area contributed by atoms with Crippen LogP contribution < -0.4 is 5.32 Å². The lowest BCUT2D eigenvalue weighted by Gasteiger charge is -2.34. The van der Waals surface area contributed by atoms with Crippen LogP contribution in [0.25, 0.3) is 10.8 Å². The molecule has 1 aliphatic rings. The highest BCUT2D eigenvalue weighted by atomic mass is 14.9. The first-order valence-electron chi connectivity index (χ1n) is 7.33. The molecule has 0 saturated heterocycles. The monoisotopic (exact) mass is 254 g/mol. The van der Waals surface area contributed by atoms with E-state index in [0.717, 1.165) is 11.8 Å². The maximum atomic E-state index is 4.20. The fourth-order valence-electron chi connectivity index (χ4n) is 3.33. The highest BCUT2D eigenvalue weighted by Crippen LogP contribution is 2.32. The van der Waals surface area contributed by atoms with Crippen LogP contribution in [0.15, 0.2) is 36.7 Å². The van der Waals surface area contributed by atoms with Crippen molar-refractivity contribution >= 4 is 16.5 Å². The second-order valence-electron chi connectivity index (χ2n) is 6.05. The predicted octanol–water partition coefficient (Wildman–Crippen LogP) is 4.47. The van der Waals surface area contributed by atoms with Crippen LogP contribution in [-0.4, -0.2) is 11.0 Å². The molecule has 1 aliphatic carbocycles. The molecule has 1 saturated carbocycles. The highest BCUT2D eigenvalue weighted by molar-refractivity contribution is 5.93. The van der Waals surface area contributed by atoms with Crippen molar-refractivity contribution in [3.8, 4) is 0 Å². The molecule has 3 atom stereocenters. The van der Waals surface area contributed by atoms with Gasteiger partial charge in [-0.2, -0.15) is 0 Å². The van der Waals surface area contributed by atoms with Crippen LogP contribution in [0, 0.1) is 11.8 Å². The molecule has 100 valence electrons. The van der Waals surface area contributed by atoms with E-state index in [2.05, 4.69) is 48.4 Å². The Balaban J connectivity index is 1.85. The Kier molecular flexibility index (Phi) is 3.41. The van der Waals surface area contributed by atoms with Gasteiger partial charge in [0.1, 0.15) is 0 Å². The maximum absolute atomic E-state index is 4.20. The van der Waals surface area contributed by atoms with Crippen LogP contribution in [0.3, 0.4) is 0 Å². The van der Waals surface area contributed by atoms with Gasteiger partial charge < -0.3 is 5.32 Å². The van der Waals surface area contributed by atoms with E-state index >= 15 is 0 Å². The van der Waals surface area contributed by atoms with Crippen LogP contribution in [-0.2, 0) is 0 Å². The summed E-state index contributed by atoms with van der Waals surface area (Å²) in [5.74, 6) is 1.63. The van der Waals surface area contributed by atoms with Crippen molar-refractivity contribution in [2.75, 3.05) is 5.32 Å². The fraction of sp³-hybridized carbons (Fsp3) is 0.471.